The molecule has 164 valence electrons. The molecule has 1 N–H and O–H groups in total. The minimum absolute atomic E-state index is 0.0855. The maximum absolute atomic E-state index is 12.7. The number of rotatable bonds is 7. The number of methoxy groups -OCH3 is 1. The molecule has 8 heteroatoms. The number of aromatic nitrogens is 1. The number of fused-ring (bicyclic) bond motifs is 1. The molecule has 0 aliphatic carbocycles. The van der Waals surface area contributed by atoms with Crippen LogP contribution in [0.2, 0.25) is 0 Å². The molecule has 2 amide bonds. The van der Waals surface area contributed by atoms with E-state index < -0.39 is 0 Å². The number of carbonyl (C=O) groups excluding carboxylic acids is 2. The van der Waals surface area contributed by atoms with E-state index in [9.17, 15) is 9.59 Å². The van der Waals surface area contributed by atoms with E-state index in [-0.39, 0.29) is 11.8 Å². The Hall–Kier alpha value is -3.39. The lowest BCUT2D eigenvalue weighted by atomic mass is 10.1. The molecule has 31 heavy (non-hydrogen) atoms. The zero-order valence-electron chi connectivity index (χ0n) is 18.3. The van der Waals surface area contributed by atoms with Crippen molar-refractivity contribution in [3.63, 3.8) is 0 Å². The maximum Gasteiger partial charge on any atom is 0.246 e. The molecule has 0 unspecified atom stereocenters. The van der Waals surface area contributed by atoms with Gasteiger partial charge in [0.1, 0.15) is 5.82 Å². The summed E-state index contributed by atoms with van der Waals surface area (Å²) in [5, 5.41) is 2.80. The minimum atomic E-state index is -0.149. The van der Waals surface area contributed by atoms with Crippen LogP contribution in [0.4, 0.5) is 5.82 Å². The number of nitrogens with zero attached hydrogens (tertiary/aromatic N) is 3. The molecule has 1 aliphatic heterocycles. The number of hydrogen-bond acceptors (Lipinski definition) is 6. The fraction of sp³-hybridized carbons (Fsp3) is 0.348. The van der Waals surface area contributed by atoms with E-state index in [4.69, 9.17) is 9.47 Å². The molecule has 1 aliphatic rings. The average molecular weight is 425 g/mol. The van der Waals surface area contributed by atoms with Crippen molar-refractivity contribution in [3.8, 4) is 11.5 Å². The first-order valence-corrected chi connectivity index (χ1v) is 10.1. The largest absolute Gasteiger partial charge is 0.493 e. The zero-order chi connectivity index (χ0) is 22.4. The monoisotopic (exact) mass is 424 g/mol. The van der Waals surface area contributed by atoms with Gasteiger partial charge in [-0.1, -0.05) is 12.1 Å². The SMILES string of the molecule is CCOc1cccc(CN(C)C(=O)C=Cc2cnc3c(c2)CN(C)CC(=O)N3)c1OC. The molecule has 8 nitrogen and oxygen atoms in total. The summed E-state index contributed by atoms with van der Waals surface area (Å²) < 4.78 is 11.1. The molecule has 0 fully saturated rings. The third-order valence-corrected chi connectivity index (χ3v) is 4.87. The number of ether oxygens (including phenoxy) is 2. The molecule has 1 aromatic heterocycles. The van der Waals surface area contributed by atoms with E-state index in [0.29, 0.717) is 43.6 Å². The molecule has 0 saturated heterocycles. The van der Waals surface area contributed by atoms with Gasteiger partial charge >= 0.3 is 0 Å². The van der Waals surface area contributed by atoms with Crippen LogP contribution in [0, 0.1) is 0 Å². The van der Waals surface area contributed by atoms with Crippen LogP contribution in [0.25, 0.3) is 6.08 Å². The van der Waals surface area contributed by atoms with Crippen molar-refractivity contribution < 1.29 is 19.1 Å². The summed E-state index contributed by atoms with van der Waals surface area (Å²) in [6, 6.07) is 7.58. The van der Waals surface area contributed by atoms with Gasteiger partial charge in [-0.05, 0) is 37.7 Å². The molecule has 1 aromatic carbocycles. The van der Waals surface area contributed by atoms with Crippen molar-refractivity contribution >= 4 is 23.7 Å². The van der Waals surface area contributed by atoms with E-state index in [1.54, 1.807) is 31.3 Å². The molecule has 3 rings (SSSR count). The van der Waals surface area contributed by atoms with Gasteiger partial charge < -0.3 is 19.7 Å². The molecule has 0 bridgehead atoms. The second-order valence-corrected chi connectivity index (χ2v) is 7.41. The van der Waals surface area contributed by atoms with Gasteiger partial charge in [0.25, 0.3) is 0 Å². The highest BCUT2D eigenvalue weighted by molar-refractivity contribution is 5.93. The Morgan fingerprint density at radius 1 is 1.35 bits per heavy atom. The van der Waals surface area contributed by atoms with E-state index in [1.807, 2.05) is 43.1 Å². The fourth-order valence-electron chi connectivity index (χ4n) is 3.43. The summed E-state index contributed by atoms with van der Waals surface area (Å²) in [6.45, 7) is 3.75. The van der Waals surface area contributed by atoms with E-state index in [1.165, 1.54) is 6.08 Å². The summed E-state index contributed by atoms with van der Waals surface area (Å²) in [7, 11) is 5.21. The number of para-hydroxylation sites is 1. The van der Waals surface area contributed by atoms with Gasteiger partial charge in [-0.25, -0.2) is 4.98 Å². The highest BCUT2D eigenvalue weighted by Gasteiger charge is 2.18. The Balaban J connectivity index is 1.70. The minimum Gasteiger partial charge on any atom is -0.493 e. The van der Waals surface area contributed by atoms with Crippen LogP contribution in [-0.2, 0) is 22.7 Å². The quantitative estimate of drug-likeness (QED) is 0.688. The van der Waals surface area contributed by atoms with Crippen molar-refractivity contribution in [2.24, 2.45) is 0 Å². The Morgan fingerprint density at radius 3 is 2.90 bits per heavy atom. The molecule has 0 atom stereocenters. The number of hydrogen-bond donors (Lipinski definition) is 1. The van der Waals surface area contributed by atoms with E-state index >= 15 is 0 Å². The lowest BCUT2D eigenvalue weighted by Crippen LogP contribution is -2.26. The van der Waals surface area contributed by atoms with E-state index in [2.05, 4.69) is 10.3 Å². The first-order valence-electron chi connectivity index (χ1n) is 10.1. The Labute approximate surface area is 182 Å². The van der Waals surface area contributed by atoms with Crippen LogP contribution in [0.15, 0.2) is 36.5 Å². The van der Waals surface area contributed by atoms with Gasteiger partial charge in [0, 0.05) is 43.5 Å². The van der Waals surface area contributed by atoms with Crippen molar-refractivity contribution in [1.29, 1.82) is 0 Å². The van der Waals surface area contributed by atoms with Crippen molar-refractivity contribution in [3.05, 3.63) is 53.2 Å². The molecule has 2 heterocycles. The van der Waals surface area contributed by atoms with Crippen LogP contribution in [0.5, 0.6) is 11.5 Å². The number of likely N-dealkylation sites (N-methyl/N-ethyl adjacent to an activating group) is 2. The summed E-state index contributed by atoms with van der Waals surface area (Å²) >= 11 is 0. The second-order valence-electron chi connectivity index (χ2n) is 7.41. The number of pyridine rings is 1. The van der Waals surface area contributed by atoms with Gasteiger partial charge in [-0.3, -0.25) is 14.5 Å². The number of benzene rings is 1. The molecule has 0 radical (unpaired) electrons. The smallest absolute Gasteiger partial charge is 0.246 e. The summed E-state index contributed by atoms with van der Waals surface area (Å²) in [4.78, 5) is 32.3. The third-order valence-electron chi connectivity index (χ3n) is 4.87. The molecular weight excluding hydrogens is 396 g/mol. The summed E-state index contributed by atoms with van der Waals surface area (Å²) in [5.41, 5.74) is 2.57. The van der Waals surface area contributed by atoms with Gasteiger partial charge in [-0.15, -0.1) is 0 Å². The third kappa shape index (κ3) is 5.61. The number of nitrogens with one attached hydrogen (secondary N) is 1. The lowest BCUT2D eigenvalue weighted by molar-refractivity contribution is -0.125. The van der Waals surface area contributed by atoms with Gasteiger partial charge in [0.2, 0.25) is 11.8 Å². The molecule has 0 saturated carbocycles. The molecule has 0 spiro atoms. The van der Waals surface area contributed by atoms with Crippen molar-refractivity contribution in [2.75, 3.05) is 39.7 Å². The van der Waals surface area contributed by atoms with Crippen LogP contribution >= 0.6 is 0 Å². The predicted octanol–water partition coefficient (Wildman–Crippen LogP) is 2.54. The summed E-state index contributed by atoms with van der Waals surface area (Å²) in [6.07, 6.45) is 4.89. The van der Waals surface area contributed by atoms with Crippen molar-refractivity contribution in [1.82, 2.24) is 14.8 Å². The summed E-state index contributed by atoms with van der Waals surface area (Å²) in [5.74, 6) is 1.62. The first kappa shape index (κ1) is 22.3. The van der Waals surface area contributed by atoms with Crippen LogP contribution in [-0.4, -0.2) is 61.0 Å². The topological polar surface area (TPSA) is 84.0 Å². The van der Waals surface area contributed by atoms with Crippen LogP contribution in [0.3, 0.4) is 0 Å². The molecule has 2 aromatic rings. The van der Waals surface area contributed by atoms with Gasteiger partial charge in [-0.2, -0.15) is 0 Å². The number of carbonyl (C=O) groups is 2. The molecular formula is C23H28N4O4. The predicted molar refractivity (Wildman–Crippen MR) is 119 cm³/mol. The Bertz CT molecular complexity index is 990. The van der Waals surface area contributed by atoms with Gasteiger partial charge in [0.05, 0.1) is 20.3 Å². The Morgan fingerprint density at radius 2 is 2.16 bits per heavy atom. The fourth-order valence-corrected chi connectivity index (χ4v) is 3.43. The second kappa shape index (κ2) is 10.1. The Kier molecular flexibility index (Phi) is 7.25. The zero-order valence-corrected chi connectivity index (χ0v) is 18.3. The number of amides is 2. The standard InChI is InChI=1S/C23H28N4O4/c1-5-31-19-8-6-7-17(22(19)30-4)14-27(3)21(29)10-9-16-11-18-13-26(2)15-20(28)25-23(18)24-12-16/h6-12H,5,13-15H2,1-4H3,(H,24,25,28). The maximum atomic E-state index is 12.7. The van der Waals surface area contributed by atoms with Crippen LogP contribution < -0.4 is 14.8 Å². The average Bonchev–Trinajstić information content (AvgIpc) is 2.88. The van der Waals surface area contributed by atoms with Crippen molar-refractivity contribution in [2.45, 2.75) is 20.0 Å². The van der Waals surface area contributed by atoms with Crippen LogP contribution in [0.1, 0.15) is 23.6 Å². The van der Waals surface area contributed by atoms with E-state index in [0.717, 1.165) is 16.7 Å². The highest BCUT2D eigenvalue weighted by Crippen LogP contribution is 2.31. The normalized spacial score (nSPS) is 14.0. The lowest BCUT2D eigenvalue weighted by Gasteiger charge is -2.19. The number of anilines is 1. The first-order chi connectivity index (χ1) is 14.9. The highest BCUT2D eigenvalue weighted by atomic mass is 16.5. The van der Waals surface area contributed by atoms with Gasteiger partial charge in [0.15, 0.2) is 11.5 Å².